The molecule has 0 N–H and O–H groups in total. The average molecular weight is 973 g/mol. The summed E-state index contributed by atoms with van der Waals surface area (Å²) in [6.07, 6.45) is 1.09. The van der Waals surface area contributed by atoms with Crippen LogP contribution in [-0.4, -0.2) is 5.97 Å². The van der Waals surface area contributed by atoms with Crippen molar-refractivity contribution in [2.75, 3.05) is 0 Å². The van der Waals surface area contributed by atoms with E-state index < -0.39 is 16.2 Å². The quantitative estimate of drug-likeness (QED) is 0.123. The summed E-state index contributed by atoms with van der Waals surface area (Å²) in [5, 5.41) is 87.4. The van der Waals surface area contributed by atoms with Crippen LogP contribution in [0.15, 0.2) is 60.7 Å². The number of rotatable bonds is 6. The zero-order valence-corrected chi connectivity index (χ0v) is 40.7. The maximum Gasteiger partial charge on any atom is 0.306 e. The van der Waals surface area contributed by atoms with E-state index in [1.807, 2.05) is 0 Å². The molecule has 0 unspecified atom stereocenters. The molecular formula is C77H16O2. The van der Waals surface area contributed by atoms with Crippen LogP contribution in [0.3, 0.4) is 0 Å². The highest BCUT2D eigenvalue weighted by Gasteiger charge is 2.94. The lowest BCUT2D eigenvalue weighted by atomic mass is 9.68. The molecule has 79 heavy (non-hydrogen) atoms. The van der Waals surface area contributed by atoms with E-state index in [0.717, 1.165) is 12.0 Å². The summed E-state index contributed by atoms with van der Waals surface area (Å²) < 4.78 is 6.46. The molecule has 5 aliphatic rings. The van der Waals surface area contributed by atoms with Crippen LogP contribution in [0.1, 0.15) is 46.2 Å². The minimum absolute atomic E-state index is 0.0762. The zero-order chi connectivity index (χ0) is 47.6. The van der Waals surface area contributed by atoms with E-state index in [4.69, 9.17) is 4.74 Å². The molecule has 0 bridgehead atoms. The first kappa shape index (κ1) is 30.9. The Hall–Kier alpha value is -9.63. The number of ether oxygens (including phenoxy) is 1. The van der Waals surface area contributed by atoms with E-state index in [1.165, 1.54) is 5.56 Å². The Morgan fingerprint density at radius 2 is 0.468 bits per heavy atom. The van der Waals surface area contributed by atoms with E-state index >= 15 is 4.79 Å². The number of esters is 1. The van der Waals surface area contributed by atoms with Crippen molar-refractivity contribution in [1.82, 2.24) is 0 Å². The van der Waals surface area contributed by atoms with Crippen molar-refractivity contribution in [3.05, 3.63) is 94.0 Å². The lowest BCUT2D eigenvalue weighted by Crippen LogP contribution is -2.27. The van der Waals surface area contributed by atoms with Crippen LogP contribution in [0.5, 0.6) is 0 Å². The maximum absolute atomic E-state index is 15.1. The fourth-order valence-electron chi connectivity index (χ4n) is 27.5. The number of hydrogen-bond acceptors (Lipinski definition) is 2. The molecule has 2 heteroatoms. The fourth-order valence-corrected chi connectivity index (χ4v) is 27.5. The monoisotopic (exact) mass is 972 g/mol. The number of benzene rings is 20. The van der Waals surface area contributed by atoms with Gasteiger partial charge in [-0.1, -0.05) is 60.7 Å². The first-order valence-electron chi connectivity index (χ1n) is 29.3. The van der Waals surface area contributed by atoms with E-state index in [-0.39, 0.29) is 5.97 Å². The Morgan fingerprint density at radius 1 is 0.266 bits per heavy atom. The summed E-state index contributed by atoms with van der Waals surface area (Å²) in [6, 6.07) is 22.4. The van der Waals surface area contributed by atoms with Crippen LogP contribution in [-0.2, 0) is 32.4 Å². The normalized spacial score (nSPS) is 22.8. The van der Waals surface area contributed by atoms with Crippen molar-refractivity contribution in [3.8, 4) is 0 Å². The van der Waals surface area contributed by atoms with Gasteiger partial charge in [-0.3, -0.25) is 4.79 Å². The predicted octanol–water partition coefficient (Wildman–Crippen LogP) is 19.8. The standard InChI is InChI=1S/C77H16O2/c78-16(79-13-14-7-3-1-4-8-14)11-12-75(15-9-5-2-6-10-15)76-71-63-55-45-35-27-19-17-18-21-25-23(19)31-39-33(25)43-37-29(21)30-22(18)26-24-20(17)28(27)36-42-32(24)40-34(26)44-38(30)48-47(37)57-51(43)61-53(39)59(49(55)41(31)35)67(71)69(61)73-65(57)66-58(48)52(44)62-54(40)60-50(42)56(46(36)45)64(63)72(76)68(60)70(62)74(66)77(73,75)76/h1-10H,11-13H2. The molecule has 0 aromatic heterocycles. The Kier molecular flexibility index (Phi) is 2.88. The van der Waals surface area contributed by atoms with Gasteiger partial charge in [0, 0.05) is 22.7 Å². The highest BCUT2D eigenvalue weighted by atomic mass is 16.5. The highest BCUT2D eigenvalue weighted by Crippen LogP contribution is 2.97. The first-order chi connectivity index (χ1) is 39.3. The van der Waals surface area contributed by atoms with Crippen molar-refractivity contribution >= 4 is 297 Å². The molecule has 0 saturated heterocycles. The van der Waals surface area contributed by atoms with E-state index in [9.17, 15) is 0 Å². The minimum Gasteiger partial charge on any atom is -0.461 e. The second-order valence-electron chi connectivity index (χ2n) is 28.2. The maximum atomic E-state index is 15.1. The van der Waals surface area contributed by atoms with Gasteiger partial charge in [0.25, 0.3) is 0 Å². The SMILES string of the molecule is O=C(CCC1(c2ccccc2)C23c4c5c6c7c8c9c(c%10c%11c2c2c4c4c%12c5c5c6c6c8c8c%13c9c9c%10c%10c%11c%11c2c2c4c4c%12c%12c5c5c6c8c6c8c%13c9c9c%10c%10c%11c2c2c4c4c%12c5c6c5c8c9c%10c2c45)C713)OCc1ccccc1. The Labute approximate surface area is 433 Å². The predicted molar refractivity (Wildman–Crippen MR) is 327 cm³/mol. The first-order valence-corrected chi connectivity index (χ1v) is 29.3. The topological polar surface area (TPSA) is 26.3 Å². The minimum atomic E-state index is -0.475. The van der Waals surface area contributed by atoms with Crippen molar-refractivity contribution in [1.29, 1.82) is 0 Å². The Balaban J connectivity index is 0.994. The van der Waals surface area contributed by atoms with E-state index in [2.05, 4.69) is 60.7 Å². The molecule has 1 saturated carbocycles. The Bertz CT molecular complexity index is 7320. The molecule has 30 aromatic rings. The van der Waals surface area contributed by atoms with Crippen molar-refractivity contribution in [2.24, 2.45) is 0 Å². The van der Waals surface area contributed by atoms with Gasteiger partial charge in [-0.05, 0) is 331 Å². The van der Waals surface area contributed by atoms with Crippen molar-refractivity contribution in [3.63, 3.8) is 0 Å². The van der Waals surface area contributed by atoms with Gasteiger partial charge in [0.2, 0.25) is 0 Å². The van der Waals surface area contributed by atoms with Crippen molar-refractivity contribution < 1.29 is 9.53 Å². The molecule has 0 aliphatic heterocycles. The molecule has 0 atom stereocenters. The molecule has 0 amide bonds. The van der Waals surface area contributed by atoms with Crippen LogP contribution < -0.4 is 0 Å². The van der Waals surface area contributed by atoms with E-state index in [1.54, 1.807) is 313 Å². The smallest absolute Gasteiger partial charge is 0.306 e. The van der Waals surface area contributed by atoms with Gasteiger partial charge in [-0.15, -0.1) is 0 Å². The third-order valence-electron chi connectivity index (χ3n) is 27.7. The summed E-state index contributed by atoms with van der Waals surface area (Å²) >= 11 is 0. The van der Waals surface area contributed by atoms with Gasteiger partial charge in [0.15, 0.2) is 0 Å². The lowest BCUT2D eigenvalue weighted by Gasteiger charge is -2.32. The van der Waals surface area contributed by atoms with Crippen LogP contribution in [0.2, 0.25) is 0 Å². The molecule has 0 heterocycles. The number of hydrogen-bond donors (Lipinski definition) is 0. The van der Waals surface area contributed by atoms with Crippen LogP contribution >= 0.6 is 0 Å². The summed E-state index contributed by atoms with van der Waals surface area (Å²) in [4.78, 5) is 15.1. The molecule has 2 nitrogen and oxygen atoms in total. The molecular weight excluding hydrogens is 957 g/mol. The fraction of sp³-hybridized carbons (Fsp3) is 0.0779. The van der Waals surface area contributed by atoms with Gasteiger partial charge in [-0.2, -0.15) is 0 Å². The van der Waals surface area contributed by atoms with Gasteiger partial charge in [-0.25, -0.2) is 0 Å². The second kappa shape index (κ2) is 7.36. The molecule has 0 radical (unpaired) electrons. The molecule has 2 spiro atoms. The average Bonchev–Trinajstić information content (AvgIpc) is 1.49. The molecule has 5 aliphatic carbocycles. The number of carbonyl (C=O) groups excluding carboxylic acids is 1. The van der Waals surface area contributed by atoms with E-state index in [0.29, 0.717) is 13.0 Å². The second-order valence-corrected chi connectivity index (χ2v) is 28.2. The van der Waals surface area contributed by atoms with Crippen LogP contribution in [0.4, 0.5) is 0 Å². The third kappa shape index (κ3) is 1.77. The van der Waals surface area contributed by atoms with Crippen LogP contribution in [0.25, 0.3) is 291 Å². The summed E-state index contributed by atoms with van der Waals surface area (Å²) in [5.41, 5.74) is 7.79. The third-order valence-corrected chi connectivity index (χ3v) is 27.7. The lowest BCUT2D eigenvalue weighted by molar-refractivity contribution is -0.145. The van der Waals surface area contributed by atoms with Crippen molar-refractivity contribution in [2.45, 2.75) is 35.7 Å². The summed E-state index contributed by atoms with van der Waals surface area (Å²) in [7, 11) is 0. The van der Waals surface area contributed by atoms with Crippen LogP contribution in [0, 0.1) is 0 Å². The Morgan fingerprint density at radius 3 is 0.696 bits per heavy atom. The zero-order valence-electron chi connectivity index (χ0n) is 40.7. The summed E-state index contributed by atoms with van der Waals surface area (Å²) in [5.74, 6) is -0.0762. The van der Waals surface area contributed by atoms with Gasteiger partial charge < -0.3 is 4.74 Å². The van der Waals surface area contributed by atoms with Gasteiger partial charge in [0.05, 0.1) is 0 Å². The molecule has 35 rings (SSSR count). The van der Waals surface area contributed by atoms with Gasteiger partial charge in [0.1, 0.15) is 6.61 Å². The van der Waals surface area contributed by atoms with Gasteiger partial charge >= 0.3 is 5.97 Å². The largest absolute Gasteiger partial charge is 0.461 e. The highest BCUT2D eigenvalue weighted by molar-refractivity contribution is 6.82. The molecule has 336 valence electrons. The molecule has 30 aromatic carbocycles. The molecule has 1 fully saturated rings. The summed E-state index contributed by atoms with van der Waals surface area (Å²) in [6.45, 7) is 0.301. The number of carbonyl (C=O) groups is 1.